The first-order valence-corrected chi connectivity index (χ1v) is 8.12. The number of hydrogen-bond donors (Lipinski definition) is 0. The van der Waals surface area contributed by atoms with Gasteiger partial charge in [-0.25, -0.2) is 17.2 Å². The lowest BCUT2D eigenvalue weighted by Crippen LogP contribution is -2.38. The van der Waals surface area contributed by atoms with Gasteiger partial charge < -0.3 is 0 Å². The Hall–Kier alpha value is -0.720. The fourth-order valence-corrected chi connectivity index (χ4v) is 3.45. The van der Waals surface area contributed by atoms with Crippen molar-refractivity contribution in [2.45, 2.75) is 37.6 Å². The molecule has 0 N–H and O–H groups in total. The molecule has 0 heterocycles. The van der Waals surface area contributed by atoms with E-state index in [9.17, 15) is 17.2 Å². The summed E-state index contributed by atoms with van der Waals surface area (Å²) in [6.45, 7) is 5.41. The SMILES string of the molecule is CC(C)C(C)N(C)S(=O)(=O)c1cc(CCl)cc(F)c1F. The molecule has 1 aromatic carbocycles. The average Bonchev–Trinajstić information content (AvgIpc) is 2.39. The van der Waals surface area contributed by atoms with Gasteiger partial charge in [0, 0.05) is 19.0 Å². The zero-order valence-corrected chi connectivity index (χ0v) is 13.4. The van der Waals surface area contributed by atoms with E-state index in [1.54, 1.807) is 6.92 Å². The zero-order chi connectivity index (χ0) is 15.7. The van der Waals surface area contributed by atoms with E-state index in [1.165, 1.54) is 7.05 Å². The third-order valence-electron chi connectivity index (χ3n) is 3.40. The predicted octanol–water partition coefficient (Wildman–Crippen LogP) is 3.37. The molecule has 1 rings (SSSR count). The molecule has 0 aliphatic carbocycles. The van der Waals surface area contributed by atoms with E-state index in [-0.39, 0.29) is 23.4 Å². The summed E-state index contributed by atoms with van der Waals surface area (Å²) in [6, 6.07) is 1.62. The van der Waals surface area contributed by atoms with E-state index >= 15 is 0 Å². The molecule has 3 nitrogen and oxygen atoms in total. The van der Waals surface area contributed by atoms with Crippen LogP contribution < -0.4 is 0 Å². The Morgan fingerprint density at radius 2 is 1.80 bits per heavy atom. The van der Waals surface area contributed by atoms with Crippen molar-refractivity contribution in [1.82, 2.24) is 4.31 Å². The number of nitrogens with zero attached hydrogens (tertiary/aromatic N) is 1. The van der Waals surface area contributed by atoms with Crippen LogP contribution in [0, 0.1) is 17.6 Å². The topological polar surface area (TPSA) is 37.4 Å². The van der Waals surface area contributed by atoms with Gasteiger partial charge in [0.25, 0.3) is 0 Å². The van der Waals surface area contributed by atoms with Crippen molar-refractivity contribution in [3.05, 3.63) is 29.3 Å². The highest BCUT2D eigenvalue weighted by atomic mass is 35.5. The molecule has 0 radical (unpaired) electrons. The van der Waals surface area contributed by atoms with E-state index in [2.05, 4.69) is 0 Å². The summed E-state index contributed by atoms with van der Waals surface area (Å²) in [6.07, 6.45) is 0. The fourth-order valence-electron chi connectivity index (χ4n) is 1.68. The Balaban J connectivity index is 3.39. The number of benzene rings is 1. The minimum absolute atomic E-state index is 0.0406. The molecule has 0 bridgehead atoms. The van der Waals surface area contributed by atoms with Gasteiger partial charge in [-0.2, -0.15) is 4.31 Å². The second kappa shape index (κ2) is 6.37. The van der Waals surface area contributed by atoms with Crippen LogP contribution in [0.2, 0.25) is 0 Å². The van der Waals surface area contributed by atoms with Gasteiger partial charge in [-0.3, -0.25) is 0 Å². The Labute approximate surface area is 123 Å². The molecule has 0 aliphatic heterocycles. The molecular weight excluding hydrogens is 308 g/mol. The molecule has 0 aliphatic rings. The molecule has 0 aromatic heterocycles. The van der Waals surface area contributed by atoms with Crippen molar-refractivity contribution in [2.24, 2.45) is 5.92 Å². The molecule has 0 amide bonds. The van der Waals surface area contributed by atoms with Gasteiger partial charge in [-0.1, -0.05) is 13.8 Å². The number of alkyl halides is 1. The Morgan fingerprint density at radius 3 is 2.25 bits per heavy atom. The predicted molar refractivity (Wildman–Crippen MR) is 75.2 cm³/mol. The van der Waals surface area contributed by atoms with Crippen molar-refractivity contribution in [3.63, 3.8) is 0 Å². The number of halogens is 3. The lowest BCUT2D eigenvalue weighted by atomic mass is 10.1. The average molecular weight is 326 g/mol. The van der Waals surface area contributed by atoms with Crippen molar-refractivity contribution in [1.29, 1.82) is 0 Å². The summed E-state index contributed by atoms with van der Waals surface area (Å²) in [5, 5.41) is 0. The molecule has 0 saturated carbocycles. The number of sulfonamides is 1. The van der Waals surface area contributed by atoms with Crippen molar-refractivity contribution in [3.8, 4) is 0 Å². The summed E-state index contributed by atoms with van der Waals surface area (Å²) < 4.78 is 53.1. The summed E-state index contributed by atoms with van der Waals surface area (Å²) in [7, 11) is -2.76. The Morgan fingerprint density at radius 1 is 1.25 bits per heavy atom. The van der Waals surface area contributed by atoms with E-state index in [4.69, 9.17) is 11.6 Å². The molecule has 1 aromatic rings. The second-order valence-electron chi connectivity index (χ2n) is 5.03. The van der Waals surface area contributed by atoms with Gasteiger partial charge in [0.2, 0.25) is 10.0 Å². The first-order valence-electron chi connectivity index (χ1n) is 6.14. The van der Waals surface area contributed by atoms with Gasteiger partial charge in [0.1, 0.15) is 4.90 Å². The van der Waals surface area contributed by atoms with Crippen molar-refractivity contribution < 1.29 is 17.2 Å². The first kappa shape index (κ1) is 17.3. The maximum absolute atomic E-state index is 13.8. The van der Waals surface area contributed by atoms with Crippen LogP contribution in [0.1, 0.15) is 26.3 Å². The second-order valence-corrected chi connectivity index (χ2v) is 7.26. The van der Waals surface area contributed by atoms with Crippen molar-refractivity contribution in [2.75, 3.05) is 7.05 Å². The quantitative estimate of drug-likeness (QED) is 0.778. The third-order valence-corrected chi connectivity index (χ3v) is 5.66. The zero-order valence-electron chi connectivity index (χ0n) is 11.8. The molecule has 0 spiro atoms. The first-order chi connectivity index (χ1) is 9.12. The van der Waals surface area contributed by atoms with Crippen LogP contribution in [-0.2, 0) is 15.9 Å². The van der Waals surface area contributed by atoms with Gasteiger partial charge in [-0.15, -0.1) is 11.6 Å². The minimum Gasteiger partial charge on any atom is -0.207 e. The van der Waals surface area contributed by atoms with Crippen LogP contribution >= 0.6 is 11.6 Å². The van der Waals surface area contributed by atoms with Crippen LogP contribution in [0.4, 0.5) is 8.78 Å². The summed E-state index contributed by atoms with van der Waals surface area (Å²) >= 11 is 5.57. The molecule has 1 atom stereocenters. The molecule has 0 fully saturated rings. The highest BCUT2D eigenvalue weighted by Gasteiger charge is 2.31. The Bertz CT molecular complexity index is 590. The summed E-state index contributed by atoms with van der Waals surface area (Å²) in [5.41, 5.74) is 0.217. The standard InChI is InChI=1S/C13H18ClF2NO2S/c1-8(2)9(3)17(4)20(18,19)12-6-10(7-14)5-11(15)13(12)16/h5-6,8-9H,7H2,1-4H3. The molecule has 0 saturated heterocycles. The third kappa shape index (κ3) is 3.30. The number of hydrogen-bond acceptors (Lipinski definition) is 2. The maximum atomic E-state index is 13.8. The highest BCUT2D eigenvalue weighted by Crippen LogP contribution is 2.25. The Kier molecular flexibility index (Phi) is 5.52. The van der Waals surface area contributed by atoms with Gasteiger partial charge in [0.05, 0.1) is 0 Å². The van der Waals surface area contributed by atoms with Crippen LogP contribution in [-0.4, -0.2) is 25.8 Å². The van der Waals surface area contributed by atoms with Crippen LogP contribution in [0.15, 0.2) is 17.0 Å². The fraction of sp³-hybridized carbons (Fsp3) is 0.538. The maximum Gasteiger partial charge on any atom is 0.246 e. The van der Waals surface area contributed by atoms with E-state index < -0.39 is 26.6 Å². The normalized spacial score (nSPS) is 14.1. The molecule has 20 heavy (non-hydrogen) atoms. The van der Waals surface area contributed by atoms with E-state index in [1.807, 2.05) is 13.8 Å². The van der Waals surface area contributed by atoms with Crippen molar-refractivity contribution >= 4 is 21.6 Å². The largest absolute Gasteiger partial charge is 0.246 e. The highest BCUT2D eigenvalue weighted by molar-refractivity contribution is 7.89. The van der Waals surface area contributed by atoms with Crippen LogP contribution in [0.25, 0.3) is 0 Å². The van der Waals surface area contributed by atoms with Crippen LogP contribution in [0.5, 0.6) is 0 Å². The summed E-state index contributed by atoms with van der Waals surface area (Å²) in [5.74, 6) is -2.64. The van der Waals surface area contributed by atoms with Gasteiger partial charge in [0.15, 0.2) is 11.6 Å². The smallest absolute Gasteiger partial charge is 0.207 e. The molecular formula is C13H18ClF2NO2S. The number of rotatable bonds is 5. The van der Waals surface area contributed by atoms with Gasteiger partial charge >= 0.3 is 0 Å². The lowest BCUT2D eigenvalue weighted by molar-refractivity contribution is 0.314. The van der Waals surface area contributed by atoms with E-state index in [0.717, 1.165) is 16.4 Å². The molecule has 114 valence electrons. The summed E-state index contributed by atoms with van der Waals surface area (Å²) in [4.78, 5) is -0.678. The minimum atomic E-state index is -4.11. The molecule has 7 heteroatoms. The van der Waals surface area contributed by atoms with Crippen LogP contribution in [0.3, 0.4) is 0 Å². The van der Waals surface area contributed by atoms with Gasteiger partial charge in [-0.05, 0) is 30.5 Å². The monoisotopic (exact) mass is 325 g/mol. The molecule has 1 unspecified atom stereocenters. The van der Waals surface area contributed by atoms with E-state index in [0.29, 0.717) is 0 Å². The lowest BCUT2D eigenvalue weighted by Gasteiger charge is -2.27.